The van der Waals surface area contributed by atoms with Gasteiger partial charge >= 0.3 is 0 Å². The Kier molecular flexibility index (Phi) is 2.89. The molecular formula is C10H12ClFN2. The first-order valence-corrected chi connectivity index (χ1v) is 5.05. The maximum absolute atomic E-state index is 12.8. The van der Waals surface area contributed by atoms with E-state index in [9.17, 15) is 4.39 Å². The fourth-order valence-electron chi connectivity index (χ4n) is 1.35. The van der Waals surface area contributed by atoms with Gasteiger partial charge in [-0.05, 0) is 25.0 Å². The third-order valence-corrected chi connectivity index (χ3v) is 2.79. The van der Waals surface area contributed by atoms with Crippen LogP contribution >= 0.6 is 11.6 Å². The van der Waals surface area contributed by atoms with Crippen molar-refractivity contribution in [2.75, 3.05) is 5.43 Å². The van der Waals surface area contributed by atoms with Gasteiger partial charge in [0.15, 0.2) is 0 Å². The van der Waals surface area contributed by atoms with Crippen LogP contribution in [-0.4, -0.2) is 12.2 Å². The van der Waals surface area contributed by atoms with Crippen molar-refractivity contribution in [3.05, 3.63) is 29.3 Å². The van der Waals surface area contributed by atoms with Crippen LogP contribution in [0, 0.1) is 0 Å². The topological polar surface area (TPSA) is 24.1 Å². The van der Waals surface area contributed by atoms with Gasteiger partial charge in [0, 0.05) is 0 Å². The number of hydrazine groups is 1. The Bertz CT molecular complexity index is 319. The first kappa shape index (κ1) is 9.74. The number of rotatable bonds is 3. The van der Waals surface area contributed by atoms with Crippen molar-refractivity contribution < 1.29 is 4.39 Å². The number of nitrogens with one attached hydrogen (secondary N) is 2. The first-order valence-electron chi connectivity index (χ1n) is 4.67. The van der Waals surface area contributed by atoms with Crippen LogP contribution in [0.25, 0.3) is 0 Å². The second-order valence-electron chi connectivity index (χ2n) is 3.45. The van der Waals surface area contributed by atoms with Crippen molar-refractivity contribution in [2.24, 2.45) is 0 Å². The summed E-state index contributed by atoms with van der Waals surface area (Å²) in [7, 11) is 0. The van der Waals surface area contributed by atoms with E-state index in [1.807, 2.05) is 18.2 Å². The van der Waals surface area contributed by atoms with E-state index in [2.05, 4.69) is 10.9 Å². The van der Waals surface area contributed by atoms with E-state index in [4.69, 9.17) is 11.6 Å². The molecule has 0 aliphatic heterocycles. The summed E-state index contributed by atoms with van der Waals surface area (Å²) in [5.41, 5.74) is 6.63. The van der Waals surface area contributed by atoms with Crippen LogP contribution in [0.4, 0.5) is 10.1 Å². The van der Waals surface area contributed by atoms with E-state index in [-0.39, 0.29) is 6.04 Å². The number of benzene rings is 1. The zero-order chi connectivity index (χ0) is 9.97. The molecule has 2 nitrogen and oxygen atoms in total. The highest BCUT2D eigenvalue weighted by atomic mass is 35.5. The molecule has 0 radical (unpaired) electrons. The smallest absolute Gasteiger partial charge is 0.117 e. The third-order valence-electron chi connectivity index (χ3n) is 2.46. The second kappa shape index (κ2) is 4.15. The highest BCUT2D eigenvalue weighted by Gasteiger charge is 2.30. The molecule has 0 heterocycles. The minimum atomic E-state index is -0.731. The van der Waals surface area contributed by atoms with Gasteiger partial charge in [-0.3, -0.25) is 0 Å². The Hall–Kier alpha value is -0.800. The van der Waals surface area contributed by atoms with Crippen LogP contribution in [0.5, 0.6) is 0 Å². The summed E-state index contributed by atoms with van der Waals surface area (Å²) in [6.45, 7) is 0. The molecule has 2 rings (SSSR count). The van der Waals surface area contributed by atoms with Crippen LogP contribution in [0.1, 0.15) is 12.8 Å². The lowest BCUT2D eigenvalue weighted by Crippen LogP contribution is -2.48. The molecule has 1 aromatic rings. The average molecular weight is 215 g/mol. The standard InChI is InChI=1S/C10H12ClFN2/c11-7-3-1-2-4-9(7)13-14-10-6-5-8(10)12/h1-4,8,10,13-14H,5-6H2. The lowest BCUT2D eigenvalue weighted by molar-refractivity contribution is 0.149. The maximum Gasteiger partial charge on any atom is 0.117 e. The molecule has 0 spiro atoms. The SMILES string of the molecule is FC1CCC1NNc1ccccc1Cl. The highest BCUT2D eigenvalue weighted by molar-refractivity contribution is 6.33. The van der Waals surface area contributed by atoms with Crippen LogP contribution in [0.3, 0.4) is 0 Å². The lowest BCUT2D eigenvalue weighted by Gasteiger charge is -2.31. The number of alkyl halides is 1. The number of hydrogen-bond donors (Lipinski definition) is 2. The van der Waals surface area contributed by atoms with E-state index in [1.54, 1.807) is 6.07 Å². The normalized spacial score (nSPS) is 25.6. The van der Waals surface area contributed by atoms with Gasteiger partial charge in [-0.2, -0.15) is 0 Å². The molecule has 0 saturated heterocycles. The maximum atomic E-state index is 12.8. The van der Waals surface area contributed by atoms with E-state index >= 15 is 0 Å². The Morgan fingerprint density at radius 1 is 1.29 bits per heavy atom. The molecule has 0 amide bonds. The van der Waals surface area contributed by atoms with Crippen molar-refractivity contribution in [1.82, 2.24) is 5.43 Å². The van der Waals surface area contributed by atoms with E-state index in [0.717, 1.165) is 12.1 Å². The van der Waals surface area contributed by atoms with Gasteiger partial charge in [-0.25, -0.2) is 9.82 Å². The minimum Gasteiger partial charge on any atom is -0.320 e. The van der Waals surface area contributed by atoms with Crippen molar-refractivity contribution in [2.45, 2.75) is 25.1 Å². The second-order valence-corrected chi connectivity index (χ2v) is 3.86. The fraction of sp³-hybridized carbons (Fsp3) is 0.400. The van der Waals surface area contributed by atoms with Gasteiger partial charge < -0.3 is 5.43 Å². The summed E-state index contributed by atoms with van der Waals surface area (Å²) in [6.07, 6.45) is 0.797. The molecule has 2 atom stereocenters. The molecule has 1 aliphatic rings. The van der Waals surface area contributed by atoms with Gasteiger partial charge in [-0.15, -0.1) is 0 Å². The summed E-state index contributed by atoms with van der Waals surface area (Å²) in [6, 6.07) is 7.30. The molecule has 1 aliphatic carbocycles. The first-order chi connectivity index (χ1) is 6.77. The third kappa shape index (κ3) is 1.99. The summed E-state index contributed by atoms with van der Waals surface area (Å²) in [5.74, 6) is 0. The number of hydrogen-bond acceptors (Lipinski definition) is 2. The van der Waals surface area contributed by atoms with Gasteiger partial charge in [-0.1, -0.05) is 23.7 Å². The van der Waals surface area contributed by atoms with E-state index in [1.165, 1.54) is 0 Å². The lowest BCUT2D eigenvalue weighted by atomic mass is 9.91. The molecule has 14 heavy (non-hydrogen) atoms. The predicted octanol–water partition coefficient (Wildman–Crippen LogP) is 2.76. The molecule has 4 heteroatoms. The fourth-order valence-corrected chi connectivity index (χ4v) is 1.54. The van der Waals surface area contributed by atoms with Crippen LogP contribution in [-0.2, 0) is 0 Å². The largest absolute Gasteiger partial charge is 0.320 e. The number of anilines is 1. The Balaban J connectivity index is 1.88. The van der Waals surface area contributed by atoms with Crippen LogP contribution in [0.15, 0.2) is 24.3 Å². The zero-order valence-electron chi connectivity index (χ0n) is 7.63. The number of halogens is 2. The van der Waals surface area contributed by atoms with Gasteiger partial charge in [0.1, 0.15) is 6.17 Å². The molecule has 1 fully saturated rings. The summed E-state index contributed by atoms with van der Waals surface area (Å²) in [4.78, 5) is 0. The zero-order valence-corrected chi connectivity index (χ0v) is 8.39. The van der Waals surface area contributed by atoms with Gasteiger partial charge in [0.05, 0.1) is 16.8 Å². The molecule has 2 unspecified atom stereocenters. The Labute approximate surface area is 87.4 Å². The molecule has 0 aromatic heterocycles. The number of para-hydroxylation sites is 1. The summed E-state index contributed by atoms with van der Waals surface area (Å²) in [5, 5.41) is 0.634. The molecule has 76 valence electrons. The van der Waals surface area contributed by atoms with Crippen molar-refractivity contribution in [3.8, 4) is 0 Å². The Morgan fingerprint density at radius 3 is 2.64 bits per heavy atom. The van der Waals surface area contributed by atoms with Gasteiger partial charge in [0.2, 0.25) is 0 Å². The summed E-state index contributed by atoms with van der Waals surface area (Å²) < 4.78 is 12.8. The molecule has 1 saturated carbocycles. The minimum absolute atomic E-state index is 0.0775. The highest BCUT2D eigenvalue weighted by Crippen LogP contribution is 2.24. The molecule has 0 bridgehead atoms. The summed E-state index contributed by atoms with van der Waals surface area (Å²) >= 11 is 5.91. The van der Waals surface area contributed by atoms with Crippen molar-refractivity contribution in [3.63, 3.8) is 0 Å². The van der Waals surface area contributed by atoms with E-state index < -0.39 is 6.17 Å². The van der Waals surface area contributed by atoms with Gasteiger partial charge in [0.25, 0.3) is 0 Å². The molecule has 2 N–H and O–H groups in total. The average Bonchev–Trinajstić information content (AvgIpc) is 2.19. The molecule has 1 aromatic carbocycles. The van der Waals surface area contributed by atoms with E-state index in [0.29, 0.717) is 11.4 Å². The van der Waals surface area contributed by atoms with Crippen LogP contribution < -0.4 is 10.9 Å². The van der Waals surface area contributed by atoms with Crippen LogP contribution in [0.2, 0.25) is 5.02 Å². The Morgan fingerprint density at radius 2 is 2.07 bits per heavy atom. The molecular weight excluding hydrogens is 203 g/mol. The van der Waals surface area contributed by atoms with Crippen molar-refractivity contribution in [1.29, 1.82) is 0 Å². The quantitative estimate of drug-likeness (QED) is 0.757. The monoisotopic (exact) mass is 214 g/mol. The van der Waals surface area contributed by atoms with Crippen molar-refractivity contribution >= 4 is 17.3 Å². The predicted molar refractivity (Wildman–Crippen MR) is 56.1 cm³/mol.